The van der Waals surface area contributed by atoms with E-state index in [0.29, 0.717) is 30.1 Å². The molecule has 106 valence electrons. The third-order valence-corrected chi connectivity index (χ3v) is 2.94. The number of nitrogens with zero attached hydrogens (tertiary/aromatic N) is 3. The minimum Gasteiger partial charge on any atom is -0.461 e. The molecule has 1 heterocycles. The third-order valence-electron chi connectivity index (χ3n) is 2.94. The van der Waals surface area contributed by atoms with Crippen molar-refractivity contribution in [3.8, 4) is 6.01 Å². The van der Waals surface area contributed by atoms with Crippen LogP contribution in [0.2, 0.25) is 0 Å². The lowest BCUT2D eigenvalue weighted by molar-refractivity contribution is 0.0327. The average molecular weight is 267 g/mol. The van der Waals surface area contributed by atoms with Gasteiger partial charge in [-0.25, -0.2) is 0 Å². The number of methoxy groups -OCH3 is 1. The Labute approximate surface area is 113 Å². The SMILES string of the molecule is CNc1nc(NC2CC(OC)C2)nc(OC(C)C)n1. The van der Waals surface area contributed by atoms with Crippen molar-refractivity contribution in [2.24, 2.45) is 0 Å². The maximum atomic E-state index is 5.51. The highest BCUT2D eigenvalue weighted by molar-refractivity contribution is 5.36. The zero-order valence-corrected chi connectivity index (χ0v) is 11.8. The first-order valence-electron chi connectivity index (χ1n) is 6.50. The molecule has 0 aliphatic heterocycles. The van der Waals surface area contributed by atoms with Crippen molar-refractivity contribution in [2.45, 2.75) is 44.9 Å². The normalized spacial score (nSPS) is 21.9. The second-order valence-electron chi connectivity index (χ2n) is 4.85. The van der Waals surface area contributed by atoms with Crippen molar-refractivity contribution in [3.05, 3.63) is 0 Å². The van der Waals surface area contributed by atoms with Crippen LogP contribution in [0.5, 0.6) is 6.01 Å². The van der Waals surface area contributed by atoms with E-state index in [1.165, 1.54) is 0 Å². The van der Waals surface area contributed by atoms with Crippen molar-refractivity contribution in [1.29, 1.82) is 0 Å². The van der Waals surface area contributed by atoms with Crippen molar-refractivity contribution < 1.29 is 9.47 Å². The molecule has 0 unspecified atom stereocenters. The smallest absolute Gasteiger partial charge is 0.323 e. The van der Waals surface area contributed by atoms with Gasteiger partial charge >= 0.3 is 6.01 Å². The van der Waals surface area contributed by atoms with Gasteiger partial charge in [0.2, 0.25) is 11.9 Å². The number of anilines is 2. The fourth-order valence-corrected chi connectivity index (χ4v) is 1.85. The lowest BCUT2D eigenvalue weighted by Gasteiger charge is -2.34. The lowest BCUT2D eigenvalue weighted by atomic mass is 9.89. The minimum atomic E-state index is 0.0292. The van der Waals surface area contributed by atoms with Crippen LogP contribution in [0.3, 0.4) is 0 Å². The zero-order chi connectivity index (χ0) is 13.8. The Balaban J connectivity index is 2.02. The van der Waals surface area contributed by atoms with E-state index in [1.807, 2.05) is 13.8 Å². The van der Waals surface area contributed by atoms with E-state index in [2.05, 4.69) is 25.6 Å². The van der Waals surface area contributed by atoms with E-state index in [1.54, 1.807) is 14.2 Å². The summed E-state index contributed by atoms with van der Waals surface area (Å²) < 4.78 is 10.8. The van der Waals surface area contributed by atoms with Gasteiger partial charge in [0.25, 0.3) is 0 Å². The molecule has 1 aromatic heterocycles. The van der Waals surface area contributed by atoms with E-state index < -0.39 is 0 Å². The molecule has 1 aromatic rings. The largest absolute Gasteiger partial charge is 0.461 e. The molecule has 1 aliphatic carbocycles. The Kier molecular flexibility index (Phi) is 4.36. The van der Waals surface area contributed by atoms with Crippen LogP contribution in [0, 0.1) is 0 Å². The van der Waals surface area contributed by atoms with Crippen LogP contribution < -0.4 is 15.4 Å². The summed E-state index contributed by atoms with van der Waals surface area (Å²) in [6.07, 6.45) is 2.31. The van der Waals surface area contributed by atoms with E-state index >= 15 is 0 Å². The monoisotopic (exact) mass is 267 g/mol. The highest BCUT2D eigenvalue weighted by Crippen LogP contribution is 2.25. The Morgan fingerprint density at radius 3 is 2.42 bits per heavy atom. The van der Waals surface area contributed by atoms with E-state index in [4.69, 9.17) is 9.47 Å². The number of aromatic nitrogens is 3. The van der Waals surface area contributed by atoms with Crippen molar-refractivity contribution in [1.82, 2.24) is 15.0 Å². The second kappa shape index (κ2) is 6.01. The van der Waals surface area contributed by atoms with E-state index in [0.717, 1.165) is 12.8 Å². The maximum absolute atomic E-state index is 5.51. The van der Waals surface area contributed by atoms with Crippen molar-refractivity contribution >= 4 is 11.9 Å². The first kappa shape index (κ1) is 13.8. The summed E-state index contributed by atoms with van der Waals surface area (Å²) in [6.45, 7) is 3.87. The fourth-order valence-electron chi connectivity index (χ4n) is 1.85. The van der Waals surface area contributed by atoms with Gasteiger partial charge in [0, 0.05) is 20.2 Å². The quantitative estimate of drug-likeness (QED) is 0.803. The summed E-state index contributed by atoms with van der Waals surface area (Å²) in [5, 5.41) is 6.17. The van der Waals surface area contributed by atoms with Crippen LogP contribution >= 0.6 is 0 Å². The molecular weight excluding hydrogens is 246 g/mol. The van der Waals surface area contributed by atoms with Crippen LogP contribution in [0.4, 0.5) is 11.9 Å². The summed E-state index contributed by atoms with van der Waals surface area (Å²) in [4.78, 5) is 12.7. The molecule has 0 bridgehead atoms. The van der Waals surface area contributed by atoms with Gasteiger partial charge in [-0.1, -0.05) is 0 Å². The molecule has 0 saturated heterocycles. The average Bonchev–Trinajstić information content (AvgIpc) is 2.32. The van der Waals surface area contributed by atoms with Crippen LogP contribution in [0.1, 0.15) is 26.7 Å². The number of rotatable bonds is 6. The summed E-state index contributed by atoms with van der Waals surface area (Å²) >= 11 is 0. The van der Waals surface area contributed by atoms with E-state index in [-0.39, 0.29) is 6.10 Å². The number of ether oxygens (including phenoxy) is 2. The standard InChI is InChI=1S/C12H21N5O2/c1-7(2)19-12-16-10(13-3)15-11(17-12)14-8-5-9(6-8)18-4/h7-9H,5-6H2,1-4H3,(H2,13,14,15,16,17). The molecule has 7 nitrogen and oxygen atoms in total. The van der Waals surface area contributed by atoms with Gasteiger partial charge in [0.1, 0.15) is 0 Å². The molecule has 0 aromatic carbocycles. The Hall–Kier alpha value is -1.63. The highest BCUT2D eigenvalue weighted by Gasteiger charge is 2.29. The number of hydrogen-bond acceptors (Lipinski definition) is 7. The lowest BCUT2D eigenvalue weighted by Crippen LogP contribution is -2.40. The molecular formula is C12H21N5O2. The molecule has 1 aliphatic rings. The first-order valence-corrected chi connectivity index (χ1v) is 6.50. The molecule has 0 amide bonds. The molecule has 0 spiro atoms. The summed E-state index contributed by atoms with van der Waals surface area (Å²) in [5.74, 6) is 1.03. The molecule has 1 saturated carbocycles. The molecule has 1 fully saturated rings. The molecule has 7 heteroatoms. The van der Waals surface area contributed by atoms with Crippen molar-refractivity contribution in [2.75, 3.05) is 24.8 Å². The highest BCUT2D eigenvalue weighted by atomic mass is 16.5. The molecule has 2 N–H and O–H groups in total. The third kappa shape index (κ3) is 3.66. The number of hydrogen-bond donors (Lipinski definition) is 2. The topological polar surface area (TPSA) is 81.2 Å². The van der Waals surface area contributed by atoms with Gasteiger partial charge in [0.15, 0.2) is 0 Å². The Bertz CT molecular complexity index is 421. The molecule has 19 heavy (non-hydrogen) atoms. The predicted molar refractivity (Wildman–Crippen MR) is 72.6 cm³/mol. The van der Waals surface area contributed by atoms with Gasteiger partial charge in [-0.2, -0.15) is 15.0 Å². The van der Waals surface area contributed by atoms with Crippen LogP contribution in [0.25, 0.3) is 0 Å². The summed E-state index contributed by atoms with van der Waals surface area (Å²) in [7, 11) is 3.50. The summed E-state index contributed by atoms with van der Waals surface area (Å²) in [5.41, 5.74) is 0. The van der Waals surface area contributed by atoms with E-state index in [9.17, 15) is 0 Å². The van der Waals surface area contributed by atoms with Gasteiger partial charge in [-0.3, -0.25) is 0 Å². The van der Waals surface area contributed by atoms with Gasteiger partial charge < -0.3 is 20.1 Å². The molecule has 0 atom stereocenters. The van der Waals surface area contributed by atoms with Crippen molar-refractivity contribution in [3.63, 3.8) is 0 Å². The first-order chi connectivity index (χ1) is 9.10. The Morgan fingerprint density at radius 2 is 1.84 bits per heavy atom. The van der Waals surface area contributed by atoms with Crippen LogP contribution in [-0.2, 0) is 4.74 Å². The van der Waals surface area contributed by atoms with Gasteiger partial charge in [-0.15, -0.1) is 0 Å². The number of nitrogens with one attached hydrogen (secondary N) is 2. The predicted octanol–water partition coefficient (Wildman–Crippen LogP) is 1.29. The minimum absolute atomic E-state index is 0.0292. The summed E-state index contributed by atoms with van der Waals surface area (Å²) in [6, 6.07) is 0.684. The maximum Gasteiger partial charge on any atom is 0.323 e. The van der Waals surface area contributed by atoms with Gasteiger partial charge in [-0.05, 0) is 26.7 Å². The second-order valence-corrected chi connectivity index (χ2v) is 4.85. The molecule has 2 rings (SSSR count). The Morgan fingerprint density at radius 1 is 1.16 bits per heavy atom. The molecule has 0 radical (unpaired) electrons. The fraction of sp³-hybridized carbons (Fsp3) is 0.750. The van der Waals surface area contributed by atoms with Crippen LogP contribution in [-0.4, -0.2) is 47.4 Å². The van der Waals surface area contributed by atoms with Gasteiger partial charge in [0.05, 0.1) is 12.2 Å². The van der Waals surface area contributed by atoms with Crippen LogP contribution in [0.15, 0.2) is 0 Å². The zero-order valence-electron chi connectivity index (χ0n) is 11.8.